The molecule has 0 spiro atoms. The monoisotopic (exact) mass is 215 g/mol. The van der Waals surface area contributed by atoms with Crippen LogP contribution in [0.15, 0.2) is 12.1 Å². The molecule has 0 unspecified atom stereocenters. The molecule has 14 heavy (non-hydrogen) atoms. The van der Waals surface area contributed by atoms with Crippen molar-refractivity contribution in [1.82, 2.24) is 0 Å². The normalized spacial score (nSPS) is 10.1. The van der Waals surface area contributed by atoms with E-state index in [1.165, 1.54) is 0 Å². The summed E-state index contributed by atoms with van der Waals surface area (Å²) in [7, 11) is 0. The van der Waals surface area contributed by atoms with Crippen LogP contribution in [0.4, 0.5) is 5.69 Å². The van der Waals surface area contributed by atoms with Gasteiger partial charge in [0.2, 0.25) is 0 Å². The molecule has 1 aromatic rings. The molecule has 5 heteroatoms. The minimum absolute atomic E-state index is 0.276. The fourth-order valence-electron chi connectivity index (χ4n) is 1.24. The summed E-state index contributed by atoms with van der Waals surface area (Å²) in [6, 6.07) is 2.70. The van der Waals surface area contributed by atoms with Crippen molar-refractivity contribution in [2.45, 2.75) is 19.8 Å². The van der Waals surface area contributed by atoms with Crippen LogP contribution in [-0.2, 0) is 6.42 Å². The minimum atomic E-state index is -0.639. The molecule has 0 aliphatic heterocycles. The third-order valence-electron chi connectivity index (χ3n) is 1.85. The maximum atomic E-state index is 10.5. The molecule has 0 aliphatic carbocycles. The third-order valence-corrected chi connectivity index (χ3v) is 2.07. The van der Waals surface area contributed by atoms with Gasteiger partial charge in [-0.15, -0.1) is 0 Å². The van der Waals surface area contributed by atoms with E-state index in [1.54, 1.807) is 6.07 Å². The first-order valence-corrected chi connectivity index (χ1v) is 4.59. The summed E-state index contributed by atoms with van der Waals surface area (Å²) < 4.78 is 0. The Balaban J connectivity index is 3.24. The quantitative estimate of drug-likeness (QED) is 0.623. The van der Waals surface area contributed by atoms with Crippen molar-refractivity contribution in [2.24, 2.45) is 0 Å². The second kappa shape index (κ2) is 4.28. The summed E-state index contributed by atoms with van der Waals surface area (Å²) in [5, 5.41) is 20.3. The predicted octanol–water partition coefficient (Wildman–Crippen LogP) is 2.91. The van der Waals surface area contributed by atoms with Crippen molar-refractivity contribution >= 4 is 17.3 Å². The first-order chi connectivity index (χ1) is 6.56. The van der Waals surface area contributed by atoms with E-state index in [0.29, 0.717) is 12.0 Å². The lowest BCUT2D eigenvalue weighted by Crippen LogP contribution is -1.93. The number of aryl methyl sites for hydroxylation is 1. The number of phenols is 1. The molecule has 1 aromatic carbocycles. The van der Waals surface area contributed by atoms with Gasteiger partial charge < -0.3 is 5.11 Å². The molecule has 0 aliphatic rings. The van der Waals surface area contributed by atoms with Gasteiger partial charge in [-0.3, -0.25) is 10.1 Å². The van der Waals surface area contributed by atoms with E-state index in [2.05, 4.69) is 0 Å². The average Bonchev–Trinajstić information content (AvgIpc) is 2.10. The number of hydrogen-bond acceptors (Lipinski definition) is 3. The number of halogens is 1. The Bertz CT molecular complexity index is 365. The number of aromatic hydroxyl groups is 1. The highest BCUT2D eigenvalue weighted by Crippen LogP contribution is 2.33. The Kier molecular flexibility index (Phi) is 3.30. The van der Waals surface area contributed by atoms with Gasteiger partial charge in [0.15, 0.2) is 5.75 Å². The zero-order chi connectivity index (χ0) is 10.7. The lowest BCUT2D eigenvalue weighted by Gasteiger charge is -2.04. The highest BCUT2D eigenvalue weighted by atomic mass is 35.5. The largest absolute Gasteiger partial charge is 0.502 e. The fourth-order valence-corrected chi connectivity index (χ4v) is 1.47. The number of rotatable bonds is 3. The molecule has 4 nitrogen and oxygen atoms in total. The van der Waals surface area contributed by atoms with Crippen LogP contribution in [0.25, 0.3) is 0 Å². The lowest BCUT2D eigenvalue weighted by atomic mass is 10.1. The van der Waals surface area contributed by atoms with E-state index in [9.17, 15) is 15.2 Å². The number of hydrogen-bond donors (Lipinski definition) is 1. The molecule has 0 radical (unpaired) electrons. The van der Waals surface area contributed by atoms with Crippen LogP contribution in [0, 0.1) is 10.1 Å². The lowest BCUT2D eigenvalue weighted by molar-refractivity contribution is -0.385. The second-order valence-corrected chi connectivity index (χ2v) is 3.38. The van der Waals surface area contributed by atoms with Crippen LogP contribution >= 0.6 is 11.6 Å². The Morgan fingerprint density at radius 3 is 2.71 bits per heavy atom. The predicted molar refractivity (Wildman–Crippen MR) is 53.8 cm³/mol. The summed E-state index contributed by atoms with van der Waals surface area (Å²) in [6.45, 7) is 1.92. The van der Waals surface area contributed by atoms with Crippen molar-refractivity contribution in [3.8, 4) is 5.75 Å². The van der Waals surface area contributed by atoms with Crippen LogP contribution in [0.2, 0.25) is 5.02 Å². The third kappa shape index (κ3) is 2.14. The van der Waals surface area contributed by atoms with Gasteiger partial charge in [0.05, 0.1) is 4.92 Å². The Labute approximate surface area is 86.3 Å². The number of benzene rings is 1. The topological polar surface area (TPSA) is 63.4 Å². The zero-order valence-electron chi connectivity index (χ0n) is 7.66. The Hall–Kier alpha value is -1.29. The van der Waals surface area contributed by atoms with Gasteiger partial charge in [0.1, 0.15) is 0 Å². The Morgan fingerprint density at radius 2 is 2.21 bits per heavy atom. The molecule has 0 bridgehead atoms. The molecular formula is C9H10ClNO3. The molecule has 1 N–H and O–H groups in total. The van der Waals surface area contributed by atoms with Crippen LogP contribution in [0.3, 0.4) is 0 Å². The molecular weight excluding hydrogens is 206 g/mol. The average molecular weight is 216 g/mol. The maximum Gasteiger partial charge on any atom is 0.312 e. The summed E-state index contributed by atoms with van der Waals surface area (Å²) in [6.07, 6.45) is 1.37. The van der Waals surface area contributed by atoms with E-state index in [1.807, 2.05) is 6.92 Å². The molecule has 0 atom stereocenters. The fraction of sp³-hybridized carbons (Fsp3) is 0.333. The van der Waals surface area contributed by atoms with E-state index in [0.717, 1.165) is 12.5 Å². The van der Waals surface area contributed by atoms with Crippen molar-refractivity contribution in [3.05, 3.63) is 32.8 Å². The van der Waals surface area contributed by atoms with Crippen LogP contribution in [0.1, 0.15) is 18.9 Å². The molecule has 0 heterocycles. The van der Waals surface area contributed by atoms with Gasteiger partial charge in [-0.2, -0.15) is 0 Å². The van der Waals surface area contributed by atoms with Crippen molar-refractivity contribution in [1.29, 1.82) is 0 Å². The number of phenolic OH excluding ortho intramolecular Hbond substituents is 1. The number of nitrogens with zero attached hydrogens (tertiary/aromatic N) is 1. The smallest absolute Gasteiger partial charge is 0.312 e. The van der Waals surface area contributed by atoms with Crippen LogP contribution < -0.4 is 0 Å². The highest BCUT2D eigenvalue weighted by molar-refractivity contribution is 6.31. The molecule has 0 amide bonds. The molecule has 1 rings (SSSR count). The van der Waals surface area contributed by atoms with Crippen molar-refractivity contribution in [2.75, 3.05) is 0 Å². The SMILES string of the molecule is CCCc1cc(Cl)cc([N+](=O)[O-])c1O. The van der Waals surface area contributed by atoms with Gasteiger partial charge >= 0.3 is 5.69 Å². The maximum absolute atomic E-state index is 10.5. The van der Waals surface area contributed by atoms with Crippen molar-refractivity contribution < 1.29 is 10.0 Å². The van der Waals surface area contributed by atoms with Crippen molar-refractivity contribution in [3.63, 3.8) is 0 Å². The molecule has 76 valence electrons. The van der Waals surface area contributed by atoms with Crippen LogP contribution in [0.5, 0.6) is 5.75 Å². The number of nitro benzene ring substituents is 1. The summed E-state index contributed by atoms with van der Waals surface area (Å²) in [4.78, 5) is 9.88. The zero-order valence-corrected chi connectivity index (χ0v) is 8.41. The van der Waals surface area contributed by atoms with Crippen LogP contribution in [-0.4, -0.2) is 10.0 Å². The van der Waals surface area contributed by atoms with E-state index >= 15 is 0 Å². The van der Waals surface area contributed by atoms with E-state index in [-0.39, 0.29) is 16.5 Å². The molecule has 0 fully saturated rings. The second-order valence-electron chi connectivity index (χ2n) is 2.94. The first kappa shape index (κ1) is 10.8. The summed E-state index contributed by atoms with van der Waals surface area (Å²) in [5.41, 5.74) is 0.188. The van der Waals surface area contributed by atoms with Gasteiger partial charge in [-0.1, -0.05) is 24.9 Å². The first-order valence-electron chi connectivity index (χ1n) is 4.22. The molecule has 0 aromatic heterocycles. The minimum Gasteiger partial charge on any atom is -0.502 e. The van der Waals surface area contributed by atoms with Gasteiger partial charge in [-0.25, -0.2) is 0 Å². The molecule has 0 saturated heterocycles. The summed E-state index contributed by atoms with van der Waals surface area (Å²) in [5.74, 6) is -0.277. The van der Waals surface area contributed by atoms with E-state index in [4.69, 9.17) is 11.6 Å². The number of nitro groups is 1. The standard InChI is InChI=1S/C9H10ClNO3/c1-2-3-6-4-7(10)5-8(9(6)12)11(13)14/h4-5,12H,2-3H2,1H3. The highest BCUT2D eigenvalue weighted by Gasteiger charge is 2.17. The van der Waals surface area contributed by atoms with Gasteiger partial charge in [0, 0.05) is 16.7 Å². The summed E-state index contributed by atoms with van der Waals surface area (Å²) >= 11 is 5.69. The van der Waals surface area contributed by atoms with E-state index < -0.39 is 4.92 Å². The molecule has 0 saturated carbocycles. The van der Waals surface area contributed by atoms with Gasteiger partial charge in [-0.05, 0) is 12.5 Å². The Morgan fingerprint density at radius 1 is 1.57 bits per heavy atom. The van der Waals surface area contributed by atoms with Gasteiger partial charge in [0.25, 0.3) is 0 Å².